The molecule has 0 atom stereocenters. The fourth-order valence-electron chi connectivity index (χ4n) is 1.66. The first-order valence-corrected chi connectivity index (χ1v) is 8.54. The van der Waals surface area contributed by atoms with E-state index in [9.17, 15) is 9.90 Å². The quantitative estimate of drug-likeness (QED) is 0.481. The largest absolute Gasteiger partial charge is 0.507 e. The molecule has 0 heterocycles. The van der Waals surface area contributed by atoms with E-state index in [2.05, 4.69) is 58.3 Å². The number of hydrogen-bond acceptors (Lipinski definition) is 3. The van der Waals surface area contributed by atoms with Crippen LogP contribution in [-0.2, 0) is 0 Å². The van der Waals surface area contributed by atoms with E-state index in [1.54, 1.807) is 6.07 Å². The number of aromatic hydroxyl groups is 1. The van der Waals surface area contributed by atoms with Gasteiger partial charge in [0.2, 0.25) is 0 Å². The molecule has 2 N–H and O–H groups in total. The van der Waals surface area contributed by atoms with E-state index in [0.29, 0.717) is 4.47 Å². The van der Waals surface area contributed by atoms with Crippen LogP contribution in [0.25, 0.3) is 0 Å². The number of phenolic OH excluding ortho intramolecular Hbond substituents is 1. The third kappa shape index (κ3) is 4.18. The number of amides is 1. The van der Waals surface area contributed by atoms with Crippen molar-refractivity contribution in [2.24, 2.45) is 5.10 Å². The van der Waals surface area contributed by atoms with E-state index in [1.807, 2.05) is 19.1 Å². The summed E-state index contributed by atoms with van der Waals surface area (Å²) in [6, 6.07) is 8.41. The van der Waals surface area contributed by atoms with Crippen LogP contribution in [0.4, 0.5) is 0 Å². The Kier molecular flexibility index (Phi) is 5.77. The molecule has 0 saturated carbocycles. The third-order valence-electron chi connectivity index (χ3n) is 2.89. The van der Waals surface area contributed by atoms with Gasteiger partial charge in [-0.2, -0.15) is 5.10 Å². The molecule has 22 heavy (non-hydrogen) atoms. The highest BCUT2D eigenvalue weighted by atomic mass is 79.9. The number of hydrazone groups is 1. The Morgan fingerprint density at radius 2 is 1.82 bits per heavy atom. The number of halogens is 3. The minimum atomic E-state index is -0.486. The normalized spacial score (nSPS) is 10.9. The molecule has 4 nitrogen and oxygen atoms in total. The minimum absolute atomic E-state index is 0.100. The van der Waals surface area contributed by atoms with Crippen LogP contribution in [0, 0.1) is 6.92 Å². The number of phenols is 1. The molecule has 114 valence electrons. The summed E-state index contributed by atoms with van der Waals surface area (Å²) in [5.41, 5.74) is 4.44. The van der Waals surface area contributed by atoms with E-state index < -0.39 is 5.91 Å². The van der Waals surface area contributed by atoms with Crippen LogP contribution in [-0.4, -0.2) is 17.2 Å². The number of nitrogens with zero attached hydrogens (tertiary/aromatic N) is 1. The first-order chi connectivity index (χ1) is 10.4. The molecule has 2 aromatic rings. The molecular weight excluding hydrogens is 480 g/mol. The molecule has 2 rings (SSSR count). The zero-order valence-corrected chi connectivity index (χ0v) is 16.2. The Balaban J connectivity index is 2.12. The van der Waals surface area contributed by atoms with Crippen molar-refractivity contribution in [2.75, 3.05) is 0 Å². The summed E-state index contributed by atoms with van der Waals surface area (Å²) in [7, 11) is 0. The Morgan fingerprint density at radius 1 is 1.18 bits per heavy atom. The van der Waals surface area contributed by atoms with Gasteiger partial charge in [-0.25, -0.2) is 5.43 Å². The lowest BCUT2D eigenvalue weighted by molar-refractivity contribution is 0.0952. The van der Waals surface area contributed by atoms with Crippen LogP contribution in [0.3, 0.4) is 0 Å². The van der Waals surface area contributed by atoms with E-state index in [0.717, 1.165) is 20.1 Å². The van der Waals surface area contributed by atoms with E-state index in [4.69, 9.17) is 0 Å². The smallest absolute Gasteiger partial charge is 0.275 e. The summed E-state index contributed by atoms with van der Waals surface area (Å²) in [6.07, 6.45) is 1.53. The zero-order chi connectivity index (χ0) is 16.3. The van der Waals surface area contributed by atoms with E-state index >= 15 is 0 Å². The van der Waals surface area contributed by atoms with Crippen LogP contribution in [0.15, 0.2) is 48.9 Å². The summed E-state index contributed by atoms with van der Waals surface area (Å²) in [6.45, 7) is 1.98. The summed E-state index contributed by atoms with van der Waals surface area (Å²) < 4.78 is 2.59. The first kappa shape index (κ1) is 17.2. The SMILES string of the molecule is Cc1c(Br)cc(/C=N/NC(=O)c2cc(Br)ccc2O)cc1Br. The molecule has 0 aliphatic heterocycles. The van der Waals surface area contributed by atoms with Gasteiger partial charge in [-0.1, -0.05) is 47.8 Å². The lowest BCUT2D eigenvalue weighted by atomic mass is 10.2. The monoisotopic (exact) mass is 488 g/mol. The van der Waals surface area contributed by atoms with Gasteiger partial charge in [0.05, 0.1) is 11.8 Å². The molecule has 0 aromatic heterocycles. The van der Waals surface area contributed by atoms with Gasteiger partial charge < -0.3 is 5.11 Å². The minimum Gasteiger partial charge on any atom is -0.507 e. The van der Waals surface area contributed by atoms with Gasteiger partial charge in [-0.15, -0.1) is 0 Å². The predicted octanol–water partition coefficient (Wildman–Crippen LogP) is 4.75. The van der Waals surface area contributed by atoms with E-state index in [-0.39, 0.29) is 11.3 Å². The molecular formula is C15H11Br3N2O2. The lowest BCUT2D eigenvalue weighted by Crippen LogP contribution is -2.17. The molecule has 2 aromatic carbocycles. The fourth-order valence-corrected chi connectivity index (χ4v) is 3.24. The van der Waals surface area contributed by atoms with Crippen molar-refractivity contribution < 1.29 is 9.90 Å². The second-order valence-corrected chi connectivity index (χ2v) is 7.09. The van der Waals surface area contributed by atoms with E-state index in [1.165, 1.54) is 18.3 Å². The van der Waals surface area contributed by atoms with Crippen molar-refractivity contribution in [1.82, 2.24) is 5.43 Å². The molecule has 0 saturated heterocycles. The van der Waals surface area contributed by atoms with Gasteiger partial charge in [-0.05, 0) is 48.4 Å². The van der Waals surface area contributed by atoms with Gasteiger partial charge in [0.25, 0.3) is 5.91 Å². The maximum atomic E-state index is 12.0. The molecule has 0 fully saturated rings. The van der Waals surface area contributed by atoms with Gasteiger partial charge in [0.15, 0.2) is 0 Å². The average molecular weight is 491 g/mol. The van der Waals surface area contributed by atoms with Crippen molar-refractivity contribution in [3.8, 4) is 5.75 Å². The summed E-state index contributed by atoms with van der Waals surface area (Å²) >= 11 is 10.2. The fraction of sp³-hybridized carbons (Fsp3) is 0.0667. The summed E-state index contributed by atoms with van der Waals surface area (Å²) in [5.74, 6) is -0.586. The Hall–Kier alpha value is -1.18. The Morgan fingerprint density at radius 3 is 2.45 bits per heavy atom. The summed E-state index contributed by atoms with van der Waals surface area (Å²) in [5, 5.41) is 13.6. The zero-order valence-electron chi connectivity index (χ0n) is 11.4. The standard InChI is InChI=1S/C15H11Br3N2O2/c1-8-12(17)4-9(5-13(8)18)7-19-20-15(22)11-6-10(16)2-3-14(11)21/h2-7,21H,1H3,(H,20,22)/b19-7+. The molecule has 0 radical (unpaired) electrons. The van der Waals surface area contributed by atoms with Crippen molar-refractivity contribution in [3.63, 3.8) is 0 Å². The maximum Gasteiger partial charge on any atom is 0.275 e. The Labute approximate surface area is 153 Å². The van der Waals surface area contributed by atoms with Crippen molar-refractivity contribution >= 4 is 59.9 Å². The van der Waals surface area contributed by atoms with Gasteiger partial charge in [-0.3, -0.25) is 4.79 Å². The highest BCUT2D eigenvalue weighted by molar-refractivity contribution is 9.11. The number of hydrogen-bond donors (Lipinski definition) is 2. The van der Waals surface area contributed by atoms with Crippen LogP contribution < -0.4 is 5.43 Å². The molecule has 0 spiro atoms. The van der Waals surface area contributed by atoms with Crippen LogP contribution in [0.1, 0.15) is 21.5 Å². The van der Waals surface area contributed by atoms with Gasteiger partial charge in [0, 0.05) is 13.4 Å². The number of nitrogens with one attached hydrogen (secondary N) is 1. The molecule has 0 aliphatic rings. The Bertz CT molecular complexity index is 737. The predicted molar refractivity (Wildman–Crippen MR) is 97.4 cm³/mol. The van der Waals surface area contributed by atoms with Crippen molar-refractivity contribution in [1.29, 1.82) is 0 Å². The molecule has 7 heteroatoms. The van der Waals surface area contributed by atoms with Crippen molar-refractivity contribution in [3.05, 3.63) is 60.4 Å². The maximum absolute atomic E-state index is 12.0. The number of carbonyl (C=O) groups is 1. The number of benzene rings is 2. The van der Waals surface area contributed by atoms with Crippen LogP contribution in [0.2, 0.25) is 0 Å². The lowest BCUT2D eigenvalue weighted by Gasteiger charge is -2.04. The van der Waals surface area contributed by atoms with Gasteiger partial charge >= 0.3 is 0 Å². The molecule has 0 aliphatic carbocycles. The summed E-state index contributed by atoms with van der Waals surface area (Å²) in [4.78, 5) is 12.0. The number of carbonyl (C=O) groups excluding carboxylic acids is 1. The third-order valence-corrected chi connectivity index (χ3v) is 5.03. The second kappa shape index (κ2) is 7.39. The van der Waals surface area contributed by atoms with Crippen molar-refractivity contribution in [2.45, 2.75) is 6.92 Å². The first-order valence-electron chi connectivity index (χ1n) is 6.16. The average Bonchev–Trinajstić information content (AvgIpc) is 2.47. The van der Waals surface area contributed by atoms with Crippen LogP contribution in [0.5, 0.6) is 5.75 Å². The van der Waals surface area contributed by atoms with Crippen LogP contribution >= 0.6 is 47.8 Å². The highest BCUT2D eigenvalue weighted by Crippen LogP contribution is 2.25. The van der Waals surface area contributed by atoms with Gasteiger partial charge in [0.1, 0.15) is 5.75 Å². The number of rotatable bonds is 3. The molecule has 0 bridgehead atoms. The topological polar surface area (TPSA) is 61.7 Å². The molecule has 0 unspecified atom stereocenters. The molecule has 1 amide bonds. The highest BCUT2D eigenvalue weighted by Gasteiger charge is 2.10. The second-order valence-electron chi connectivity index (χ2n) is 4.47.